The number of hydrogen-bond acceptors (Lipinski definition) is 3. The molecule has 0 aromatic rings. The summed E-state index contributed by atoms with van der Waals surface area (Å²) >= 11 is 0. The molecule has 0 N–H and O–H groups in total. The van der Waals surface area contributed by atoms with Gasteiger partial charge in [0.15, 0.2) is 0 Å². The number of piperidine rings is 1. The number of nitrogens with zero attached hydrogens (tertiary/aromatic N) is 3. The van der Waals surface area contributed by atoms with Gasteiger partial charge < -0.3 is 4.90 Å². The molecule has 0 spiro atoms. The summed E-state index contributed by atoms with van der Waals surface area (Å²) in [5.74, 6) is 0.397. The molecule has 3 heterocycles. The van der Waals surface area contributed by atoms with Crippen LogP contribution in [0.2, 0.25) is 0 Å². The van der Waals surface area contributed by atoms with Gasteiger partial charge in [-0.05, 0) is 40.2 Å². The lowest BCUT2D eigenvalue weighted by Crippen LogP contribution is -2.55. The Labute approximate surface area is 110 Å². The van der Waals surface area contributed by atoms with Crippen molar-refractivity contribution < 1.29 is 4.79 Å². The van der Waals surface area contributed by atoms with Crippen molar-refractivity contribution in [1.82, 2.24) is 14.7 Å². The number of rotatable bonds is 1. The summed E-state index contributed by atoms with van der Waals surface area (Å²) in [5, 5.41) is 0. The smallest absolute Gasteiger partial charge is 0.241 e. The van der Waals surface area contributed by atoms with Crippen LogP contribution in [0.15, 0.2) is 0 Å². The van der Waals surface area contributed by atoms with E-state index in [2.05, 4.69) is 35.5 Å². The molecule has 102 valence electrons. The van der Waals surface area contributed by atoms with Gasteiger partial charge in [0.2, 0.25) is 5.91 Å². The molecule has 3 atom stereocenters. The van der Waals surface area contributed by atoms with E-state index in [1.54, 1.807) is 0 Å². The van der Waals surface area contributed by atoms with Gasteiger partial charge in [-0.2, -0.15) is 0 Å². The van der Waals surface area contributed by atoms with E-state index >= 15 is 0 Å². The van der Waals surface area contributed by atoms with Crippen LogP contribution in [0.5, 0.6) is 0 Å². The van der Waals surface area contributed by atoms with Gasteiger partial charge in [-0.15, -0.1) is 0 Å². The zero-order valence-electron chi connectivity index (χ0n) is 11.9. The van der Waals surface area contributed by atoms with Gasteiger partial charge >= 0.3 is 0 Å². The van der Waals surface area contributed by atoms with Crippen molar-refractivity contribution in [3.8, 4) is 0 Å². The van der Waals surface area contributed by atoms with Crippen molar-refractivity contribution in [3.05, 3.63) is 0 Å². The minimum absolute atomic E-state index is 0.231. The Morgan fingerprint density at radius 3 is 2.22 bits per heavy atom. The molecule has 0 aliphatic carbocycles. The molecular formula is C14H25N3O. The monoisotopic (exact) mass is 251 g/mol. The highest BCUT2D eigenvalue weighted by atomic mass is 16.2. The first kappa shape index (κ1) is 12.4. The van der Waals surface area contributed by atoms with E-state index in [9.17, 15) is 4.79 Å². The van der Waals surface area contributed by atoms with E-state index in [1.807, 2.05) is 0 Å². The summed E-state index contributed by atoms with van der Waals surface area (Å²) in [4.78, 5) is 19.3. The summed E-state index contributed by atoms with van der Waals surface area (Å²) in [6, 6.07) is 0.845. The summed E-state index contributed by atoms with van der Waals surface area (Å²) in [7, 11) is 0. The second kappa shape index (κ2) is 4.20. The Bertz CT molecular complexity index is 331. The summed E-state index contributed by atoms with van der Waals surface area (Å²) in [6.45, 7) is 11.8. The van der Waals surface area contributed by atoms with Gasteiger partial charge in [0, 0.05) is 37.8 Å². The molecule has 0 radical (unpaired) electrons. The minimum atomic E-state index is 0.231. The standard InChI is InChI=1S/C14H25N3O/c1-14(2,3)16-9-7-15(8-10-16)13(18)12-11-5-4-6-17(11)12/h11-12H,4-10H2,1-3H3. The quantitative estimate of drug-likeness (QED) is 0.644. The zero-order valence-corrected chi connectivity index (χ0v) is 11.9. The fourth-order valence-electron chi connectivity index (χ4n) is 3.53. The van der Waals surface area contributed by atoms with E-state index in [-0.39, 0.29) is 11.6 Å². The van der Waals surface area contributed by atoms with Crippen LogP contribution in [0.3, 0.4) is 0 Å². The maximum absolute atomic E-state index is 12.4. The normalized spacial score (nSPS) is 36.6. The molecule has 3 unspecified atom stereocenters. The number of fused-ring (bicyclic) bond motifs is 1. The first-order chi connectivity index (χ1) is 8.48. The van der Waals surface area contributed by atoms with E-state index in [0.717, 1.165) is 32.7 Å². The minimum Gasteiger partial charge on any atom is -0.339 e. The van der Waals surface area contributed by atoms with Crippen LogP contribution in [0.25, 0.3) is 0 Å². The van der Waals surface area contributed by atoms with Crippen molar-refractivity contribution in [1.29, 1.82) is 0 Å². The molecule has 3 rings (SSSR count). The third-order valence-corrected chi connectivity index (χ3v) is 4.77. The van der Waals surface area contributed by atoms with E-state index in [4.69, 9.17) is 0 Å². The van der Waals surface area contributed by atoms with Gasteiger partial charge in [0.25, 0.3) is 0 Å². The number of piperazine rings is 1. The average Bonchev–Trinajstić information content (AvgIpc) is 2.80. The van der Waals surface area contributed by atoms with E-state index in [0.29, 0.717) is 11.9 Å². The molecule has 4 nitrogen and oxygen atoms in total. The first-order valence-electron chi connectivity index (χ1n) is 7.28. The third kappa shape index (κ3) is 2.05. The largest absolute Gasteiger partial charge is 0.339 e. The van der Waals surface area contributed by atoms with Crippen LogP contribution >= 0.6 is 0 Å². The summed E-state index contributed by atoms with van der Waals surface area (Å²) in [6.07, 6.45) is 2.52. The molecule has 0 saturated carbocycles. The highest BCUT2D eigenvalue weighted by molar-refractivity contribution is 5.86. The number of hydrogen-bond donors (Lipinski definition) is 0. The molecule has 1 amide bonds. The van der Waals surface area contributed by atoms with Crippen molar-refractivity contribution >= 4 is 5.91 Å². The lowest BCUT2D eigenvalue weighted by Gasteiger charge is -2.42. The molecule has 0 aromatic heterocycles. The third-order valence-electron chi connectivity index (χ3n) is 4.77. The van der Waals surface area contributed by atoms with Crippen molar-refractivity contribution in [2.45, 2.75) is 51.2 Å². The SMILES string of the molecule is CC(C)(C)N1CCN(C(=O)C2C3CCCN32)CC1. The second-order valence-corrected chi connectivity index (χ2v) is 6.88. The van der Waals surface area contributed by atoms with Crippen LogP contribution in [-0.2, 0) is 4.79 Å². The van der Waals surface area contributed by atoms with Crippen molar-refractivity contribution in [2.75, 3.05) is 32.7 Å². The zero-order chi connectivity index (χ0) is 12.9. The second-order valence-electron chi connectivity index (χ2n) is 6.88. The Balaban J connectivity index is 1.53. The van der Waals surface area contributed by atoms with Gasteiger partial charge in [0.05, 0.1) is 0 Å². The fraction of sp³-hybridized carbons (Fsp3) is 0.929. The highest BCUT2D eigenvalue weighted by Gasteiger charge is 2.55. The average molecular weight is 251 g/mol. The van der Waals surface area contributed by atoms with Crippen LogP contribution in [0, 0.1) is 0 Å². The fourth-order valence-corrected chi connectivity index (χ4v) is 3.53. The lowest BCUT2D eigenvalue weighted by molar-refractivity contribution is -0.134. The Morgan fingerprint density at radius 1 is 1.06 bits per heavy atom. The molecule has 18 heavy (non-hydrogen) atoms. The molecule has 4 heteroatoms. The molecular weight excluding hydrogens is 226 g/mol. The van der Waals surface area contributed by atoms with Crippen molar-refractivity contribution in [3.63, 3.8) is 0 Å². The Kier molecular flexibility index (Phi) is 2.90. The first-order valence-corrected chi connectivity index (χ1v) is 7.28. The highest BCUT2D eigenvalue weighted by Crippen LogP contribution is 2.39. The molecule has 3 fully saturated rings. The van der Waals surface area contributed by atoms with Gasteiger partial charge in [-0.25, -0.2) is 0 Å². The summed E-state index contributed by atoms with van der Waals surface area (Å²) in [5.41, 5.74) is 0.231. The molecule has 3 saturated heterocycles. The van der Waals surface area contributed by atoms with E-state index < -0.39 is 0 Å². The maximum Gasteiger partial charge on any atom is 0.241 e. The molecule has 3 aliphatic rings. The number of carbonyl (C=O) groups excluding carboxylic acids is 1. The van der Waals surface area contributed by atoms with Crippen LogP contribution in [0.1, 0.15) is 33.6 Å². The topological polar surface area (TPSA) is 26.6 Å². The number of amides is 1. The van der Waals surface area contributed by atoms with Crippen LogP contribution < -0.4 is 0 Å². The Morgan fingerprint density at radius 2 is 1.72 bits per heavy atom. The van der Waals surface area contributed by atoms with Gasteiger partial charge in [-0.3, -0.25) is 14.6 Å². The predicted molar refractivity (Wildman–Crippen MR) is 71.4 cm³/mol. The van der Waals surface area contributed by atoms with Gasteiger partial charge in [-0.1, -0.05) is 0 Å². The molecule has 0 aromatic carbocycles. The number of carbonyl (C=O) groups is 1. The maximum atomic E-state index is 12.4. The van der Waals surface area contributed by atoms with Gasteiger partial charge in [0.1, 0.15) is 6.04 Å². The van der Waals surface area contributed by atoms with Crippen molar-refractivity contribution in [2.24, 2.45) is 0 Å². The summed E-state index contributed by atoms with van der Waals surface area (Å²) < 4.78 is 0. The lowest BCUT2D eigenvalue weighted by atomic mass is 10.0. The van der Waals surface area contributed by atoms with E-state index in [1.165, 1.54) is 12.8 Å². The Hall–Kier alpha value is -0.610. The van der Waals surface area contributed by atoms with Crippen LogP contribution in [-0.4, -0.2) is 71.0 Å². The predicted octanol–water partition coefficient (Wildman–Crippen LogP) is 0.776. The molecule has 0 bridgehead atoms. The van der Waals surface area contributed by atoms with Crippen LogP contribution in [0.4, 0.5) is 0 Å². The molecule has 3 aliphatic heterocycles.